The molecule has 1 aliphatic carbocycles. The Kier molecular flexibility index (Phi) is 4.37. The van der Waals surface area contributed by atoms with Gasteiger partial charge in [0, 0.05) is 12.1 Å². The minimum atomic E-state index is -1.09. The van der Waals surface area contributed by atoms with Gasteiger partial charge in [0.15, 0.2) is 11.7 Å². The van der Waals surface area contributed by atoms with Crippen molar-refractivity contribution in [3.8, 4) is 0 Å². The van der Waals surface area contributed by atoms with Gasteiger partial charge in [-0.3, -0.25) is 9.59 Å². The number of hydrogen-bond donors (Lipinski definition) is 2. The number of carbonyl (C=O) groups excluding carboxylic acids is 2. The van der Waals surface area contributed by atoms with Crippen molar-refractivity contribution < 1.29 is 18.4 Å². The Morgan fingerprint density at radius 1 is 0.941 bits per heavy atom. The third-order valence-corrected chi connectivity index (χ3v) is 2.64. The lowest BCUT2D eigenvalue weighted by molar-refractivity contribution is -0.121. The summed E-state index contributed by atoms with van der Waals surface area (Å²) >= 11 is 0. The van der Waals surface area contributed by atoms with E-state index in [9.17, 15) is 18.4 Å². The van der Waals surface area contributed by atoms with E-state index in [0.717, 1.165) is 6.42 Å². The molecule has 17 heavy (non-hydrogen) atoms. The molecule has 0 bridgehead atoms. The second kappa shape index (κ2) is 5.56. The van der Waals surface area contributed by atoms with Crippen LogP contribution in [0.5, 0.6) is 0 Å². The number of rotatable bonds is 4. The molecular formula is C11H14F2N2O2. The Morgan fingerprint density at radius 3 is 1.59 bits per heavy atom. The fourth-order valence-electron chi connectivity index (χ4n) is 1.80. The van der Waals surface area contributed by atoms with Gasteiger partial charge in [-0.25, -0.2) is 8.78 Å². The van der Waals surface area contributed by atoms with Crippen molar-refractivity contribution in [1.82, 2.24) is 10.6 Å². The summed E-state index contributed by atoms with van der Waals surface area (Å²) < 4.78 is 25.0. The second-order valence-electron chi connectivity index (χ2n) is 3.90. The van der Waals surface area contributed by atoms with Crippen molar-refractivity contribution >= 4 is 11.8 Å². The van der Waals surface area contributed by atoms with Crippen LogP contribution in [-0.2, 0) is 9.59 Å². The van der Waals surface area contributed by atoms with Gasteiger partial charge in [-0.1, -0.05) is 13.2 Å². The molecule has 0 heterocycles. The maximum atomic E-state index is 12.5. The maximum absolute atomic E-state index is 12.5. The summed E-state index contributed by atoms with van der Waals surface area (Å²) in [4.78, 5) is 22.1. The van der Waals surface area contributed by atoms with E-state index < -0.39 is 35.6 Å². The number of carbonyl (C=O) groups is 2. The Balaban J connectivity index is 2.55. The topological polar surface area (TPSA) is 58.2 Å². The first-order valence-electron chi connectivity index (χ1n) is 5.22. The van der Waals surface area contributed by atoms with E-state index in [0.29, 0.717) is 12.8 Å². The predicted octanol–water partition coefficient (Wildman–Crippen LogP) is 1.11. The molecule has 0 spiro atoms. The summed E-state index contributed by atoms with van der Waals surface area (Å²) in [6, 6.07) is -0.809. The molecule has 1 saturated carbocycles. The highest BCUT2D eigenvalue weighted by molar-refractivity contribution is 5.92. The van der Waals surface area contributed by atoms with Crippen LogP contribution in [0.4, 0.5) is 8.78 Å². The van der Waals surface area contributed by atoms with Crippen LogP contribution < -0.4 is 10.6 Å². The average Bonchev–Trinajstić information content (AvgIpc) is 2.65. The smallest absolute Gasteiger partial charge is 0.279 e. The van der Waals surface area contributed by atoms with Crippen molar-refractivity contribution in [1.29, 1.82) is 0 Å². The Labute approximate surface area is 97.8 Å². The predicted molar refractivity (Wildman–Crippen MR) is 58.2 cm³/mol. The van der Waals surface area contributed by atoms with Crippen LogP contribution in [0, 0.1) is 0 Å². The molecule has 2 N–H and O–H groups in total. The molecular weight excluding hydrogens is 230 g/mol. The van der Waals surface area contributed by atoms with E-state index in [-0.39, 0.29) is 0 Å². The van der Waals surface area contributed by atoms with Gasteiger partial charge in [0.2, 0.25) is 0 Å². The highest BCUT2D eigenvalue weighted by atomic mass is 19.1. The molecule has 0 aromatic rings. The SMILES string of the molecule is C=C(F)C(=O)N[C@H]1CCC[C@H]1NC(=O)C(=C)F. The van der Waals surface area contributed by atoms with Gasteiger partial charge in [-0.2, -0.15) is 0 Å². The molecule has 94 valence electrons. The van der Waals surface area contributed by atoms with Gasteiger partial charge >= 0.3 is 0 Å². The average molecular weight is 244 g/mol. The monoisotopic (exact) mass is 244 g/mol. The molecule has 1 fully saturated rings. The summed E-state index contributed by atoms with van der Waals surface area (Å²) in [7, 11) is 0. The van der Waals surface area contributed by atoms with E-state index in [2.05, 4.69) is 23.8 Å². The zero-order chi connectivity index (χ0) is 13.0. The molecule has 0 saturated heterocycles. The lowest BCUT2D eigenvalue weighted by Crippen LogP contribution is -2.48. The zero-order valence-corrected chi connectivity index (χ0v) is 9.26. The van der Waals surface area contributed by atoms with Crippen LogP contribution in [0.1, 0.15) is 19.3 Å². The summed E-state index contributed by atoms with van der Waals surface area (Å²) in [5, 5.41) is 4.78. The van der Waals surface area contributed by atoms with Crippen LogP contribution in [0.2, 0.25) is 0 Å². The van der Waals surface area contributed by atoms with Gasteiger partial charge in [0.05, 0.1) is 0 Å². The molecule has 0 aliphatic heterocycles. The highest BCUT2D eigenvalue weighted by Gasteiger charge is 2.30. The zero-order valence-electron chi connectivity index (χ0n) is 9.26. The third kappa shape index (κ3) is 3.65. The molecule has 2 amide bonds. The summed E-state index contributed by atoms with van der Waals surface area (Å²) in [5.74, 6) is -3.99. The molecule has 0 aromatic carbocycles. The standard InChI is InChI=1S/C11H14F2N2O2/c1-6(12)10(16)14-8-4-3-5-9(8)15-11(17)7(2)13/h8-9H,1-5H2,(H,14,16)(H,15,17)/t8-,9+. The van der Waals surface area contributed by atoms with Crippen molar-refractivity contribution in [3.05, 3.63) is 24.8 Å². The number of nitrogens with one attached hydrogen (secondary N) is 2. The van der Waals surface area contributed by atoms with Crippen molar-refractivity contribution in [2.45, 2.75) is 31.3 Å². The first kappa shape index (κ1) is 13.3. The summed E-state index contributed by atoms with van der Waals surface area (Å²) in [5.41, 5.74) is 0. The van der Waals surface area contributed by atoms with E-state index in [1.54, 1.807) is 0 Å². The van der Waals surface area contributed by atoms with Gasteiger partial charge in [-0.05, 0) is 19.3 Å². The van der Waals surface area contributed by atoms with Crippen LogP contribution in [0.15, 0.2) is 24.8 Å². The fourth-order valence-corrected chi connectivity index (χ4v) is 1.80. The molecule has 0 unspecified atom stereocenters. The molecule has 1 rings (SSSR count). The number of amides is 2. The van der Waals surface area contributed by atoms with Crippen LogP contribution >= 0.6 is 0 Å². The van der Waals surface area contributed by atoms with Crippen molar-refractivity contribution in [3.63, 3.8) is 0 Å². The molecule has 4 nitrogen and oxygen atoms in total. The minimum Gasteiger partial charge on any atom is -0.345 e. The van der Waals surface area contributed by atoms with E-state index >= 15 is 0 Å². The van der Waals surface area contributed by atoms with Gasteiger partial charge in [0.25, 0.3) is 11.8 Å². The van der Waals surface area contributed by atoms with Crippen molar-refractivity contribution in [2.24, 2.45) is 0 Å². The molecule has 6 heteroatoms. The third-order valence-electron chi connectivity index (χ3n) is 2.64. The highest BCUT2D eigenvalue weighted by Crippen LogP contribution is 2.20. The van der Waals surface area contributed by atoms with Crippen LogP contribution in [0.3, 0.4) is 0 Å². The van der Waals surface area contributed by atoms with Gasteiger partial charge in [0.1, 0.15) is 0 Å². The number of halogens is 2. The normalized spacial score (nSPS) is 22.9. The quantitative estimate of drug-likeness (QED) is 0.728. The van der Waals surface area contributed by atoms with E-state index in [1.165, 1.54) is 0 Å². The second-order valence-corrected chi connectivity index (χ2v) is 3.90. The first-order chi connectivity index (χ1) is 7.91. The molecule has 0 radical (unpaired) electrons. The van der Waals surface area contributed by atoms with E-state index in [4.69, 9.17) is 0 Å². The molecule has 0 aromatic heterocycles. The van der Waals surface area contributed by atoms with Gasteiger partial charge in [-0.15, -0.1) is 0 Å². The largest absolute Gasteiger partial charge is 0.345 e. The maximum Gasteiger partial charge on any atom is 0.279 e. The minimum absolute atomic E-state index is 0.404. The molecule has 2 atom stereocenters. The van der Waals surface area contributed by atoms with E-state index in [1.807, 2.05) is 0 Å². The van der Waals surface area contributed by atoms with Crippen LogP contribution in [0.25, 0.3) is 0 Å². The van der Waals surface area contributed by atoms with Crippen molar-refractivity contribution in [2.75, 3.05) is 0 Å². The fraction of sp³-hybridized carbons (Fsp3) is 0.455. The Hall–Kier alpha value is -1.72. The Bertz CT molecular complexity index is 334. The summed E-state index contributed by atoms with van der Waals surface area (Å²) in [6.07, 6.45) is 1.96. The first-order valence-corrected chi connectivity index (χ1v) is 5.22. The lowest BCUT2D eigenvalue weighted by atomic mass is 10.1. The Morgan fingerprint density at radius 2 is 1.29 bits per heavy atom. The number of hydrogen-bond acceptors (Lipinski definition) is 2. The van der Waals surface area contributed by atoms with Gasteiger partial charge < -0.3 is 10.6 Å². The lowest BCUT2D eigenvalue weighted by Gasteiger charge is -2.21. The molecule has 1 aliphatic rings. The summed E-state index contributed by atoms with van der Waals surface area (Å²) in [6.45, 7) is 5.74. The van der Waals surface area contributed by atoms with Crippen LogP contribution in [-0.4, -0.2) is 23.9 Å².